The zero-order chi connectivity index (χ0) is 47.2. The second kappa shape index (κ2) is 23.8. The van der Waals surface area contributed by atoms with E-state index < -0.39 is 17.0 Å². The van der Waals surface area contributed by atoms with E-state index in [1.54, 1.807) is 55.5 Å². The van der Waals surface area contributed by atoms with Gasteiger partial charge in [-0.2, -0.15) is 9.97 Å². The van der Waals surface area contributed by atoms with Crippen molar-refractivity contribution in [2.24, 2.45) is 11.5 Å². The molecule has 4 atom stereocenters. The summed E-state index contributed by atoms with van der Waals surface area (Å²) in [4.78, 5) is 32.3. The fourth-order valence-electron chi connectivity index (χ4n) is 7.55. The van der Waals surface area contributed by atoms with Crippen LogP contribution in [0.15, 0.2) is 94.0 Å². The van der Waals surface area contributed by atoms with Crippen LogP contribution in [0, 0.1) is 0 Å². The first-order chi connectivity index (χ1) is 31.5. The summed E-state index contributed by atoms with van der Waals surface area (Å²) in [6, 6.07) is 25.2. The van der Waals surface area contributed by atoms with Crippen LogP contribution in [0.3, 0.4) is 0 Å². The Bertz CT molecular complexity index is 2630. The number of hydrogen-bond donors (Lipinski definition) is 3. The van der Waals surface area contributed by atoms with E-state index in [9.17, 15) is 14.7 Å². The number of nitrogens with zero attached hydrogens (tertiary/aromatic N) is 4. The first-order valence-electron chi connectivity index (χ1n) is 21.6. The third-order valence-electron chi connectivity index (χ3n) is 10.9. The second-order valence-electron chi connectivity index (χ2n) is 16.8. The van der Waals surface area contributed by atoms with Crippen molar-refractivity contribution in [1.82, 2.24) is 20.3 Å². The van der Waals surface area contributed by atoms with Crippen molar-refractivity contribution in [2.75, 3.05) is 6.61 Å². The van der Waals surface area contributed by atoms with E-state index in [0.717, 1.165) is 16.7 Å². The van der Waals surface area contributed by atoms with Gasteiger partial charge in [-0.15, -0.1) is 0 Å². The molecule has 68 heavy (non-hydrogen) atoms. The molecule has 2 saturated carbocycles. The number of nitrogens with two attached hydrogens (primary N) is 2. The number of rotatable bonds is 15. The molecule has 0 saturated heterocycles. The molecule has 0 spiro atoms. The molecule has 2 heterocycles. The van der Waals surface area contributed by atoms with Gasteiger partial charge in [-0.25, -0.2) is 0 Å². The van der Waals surface area contributed by atoms with Gasteiger partial charge in [0.05, 0.1) is 28.9 Å². The van der Waals surface area contributed by atoms with Crippen LogP contribution in [0.25, 0.3) is 45.7 Å². The number of carboxylic acids is 1. The van der Waals surface area contributed by atoms with Crippen LogP contribution in [-0.2, 0) is 14.3 Å². The van der Waals surface area contributed by atoms with Crippen molar-refractivity contribution in [3.63, 3.8) is 0 Å². The van der Waals surface area contributed by atoms with Gasteiger partial charge in [0.2, 0.25) is 11.6 Å². The third kappa shape index (κ3) is 13.6. The first-order valence-corrected chi connectivity index (χ1v) is 22.4. The van der Waals surface area contributed by atoms with Gasteiger partial charge in [-0.05, 0) is 145 Å². The number of carboxylic acid groups (broad SMARTS) is 1. The average molecular weight is 1000 g/mol. The maximum atomic E-state index is 12.1. The predicted octanol–water partition coefficient (Wildman–Crippen LogP) is 6.42. The number of carbonyl (C=O) groups is 2. The molecule has 6 N–H and O–H groups in total. The maximum absolute atomic E-state index is 12.1. The number of esters is 1. The Morgan fingerprint density at radius 3 is 1.46 bits per heavy atom. The van der Waals surface area contributed by atoms with E-state index >= 15 is 0 Å². The van der Waals surface area contributed by atoms with Gasteiger partial charge < -0.3 is 54.8 Å². The van der Waals surface area contributed by atoms with E-state index in [1.165, 1.54) is 0 Å². The van der Waals surface area contributed by atoms with E-state index in [-0.39, 0.29) is 93.7 Å². The van der Waals surface area contributed by atoms with Gasteiger partial charge in [0.25, 0.3) is 11.8 Å². The normalized spacial score (nSPS) is 19.6. The van der Waals surface area contributed by atoms with Gasteiger partial charge in [-0.3, -0.25) is 9.59 Å². The third-order valence-corrected chi connectivity index (χ3v) is 11.5. The van der Waals surface area contributed by atoms with Crippen LogP contribution in [0.2, 0.25) is 10.0 Å². The standard InChI is InChI=1S/C25H28ClN3O5.C23H24ClN3O5.K.H2O/c1-4-31-24(30)25(27)12-11-19(14-25)33-18-8-5-16(6-9-18)23-28-22(29-34-23)17-7-10-21(20(26)13-17)32-15(2)3;1-13(2)30-19-8-5-15(11-18(19)24)20-26-21(32-27-20)14-3-6-16(7-4-14)31-17-9-10-23(25,12-17)22(28)29;;/h5-10,13,15,19H,4,11-12,14,27H2,1-3H3;3-8,11,13,17H,9-10,12,25H2,1-2H3,(H,28,29);;1H2/q;;+1;/p-1. The molecule has 2 aliphatic rings. The van der Waals surface area contributed by atoms with E-state index in [4.69, 9.17) is 67.4 Å². The van der Waals surface area contributed by atoms with Crippen LogP contribution in [0.4, 0.5) is 0 Å². The van der Waals surface area contributed by atoms with Crippen LogP contribution in [0.5, 0.6) is 23.0 Å². The molecule has 6 aromatic rings. The fraction of sp³-hybridized carbons (Fsp3) is 0.375. The summed E-state index contributed by atoms with van der Waals surface area (Å²) in [5, 5.41) is 18.3. The van der Waals surface area contributed by atoms with Gasteiger partial charge in [-0.1, -0.05) is 33.5 Å². The quantitative estimate of drug-likeness (QED) is 0.0740. The maximum Gasteiger partial charge on any atom is 1.00 e. The zero-order valence-electron chi connectivity index (χ0n) is 38.6. The summed E-state index contributed by atoms with van der Waals surface area (Å²) >= 11 is 12.6. The van der Waals surface area contributed by atoms with Crippen LogP contribution in [0.1, 0.15) is 73.1 Å². The minimum atomic E-state index is -1.22. The van der Waals surface area contributed by atoms with Gasteiger partial charge in [0, 0.05) is 35.1 Å². The van der Waals surface area contributed by atoms with E-state index in [2.05, 4.69) is 20.3 Å². The molecule has 2 aromatic heterocycles. The van der Waals surface area contributed by atoms with Crippen LogP contribution < -0.4 is 81.8 Å². The number of aromatic nitrogens is 4. The molecular weight excluding hydrogens is 947 g/mol. The van der Waals surface area contributed by atoms with Gasteiger partial charge >= 0.3 is 63.3 Å². The van der Waals surface area contributed by atoms with Crippen molar-refractivity contribution in [3.05, 3.63) is 95.0 Å². The smallest absolute Gasteiger partial charge is 0.870 e. The molecule has 20 heteroatoms. The first kappa shape index (κ1) is 54.3. The Morgan fingerprint density at radius 2 is 1.09 bits per heavy atom. The molecule has 8 rings (SSSR count). The van der Waals surface area contributed by atoms with E-state index in [0.29, 0.717) is 101 Å². The molecule has 4 aromatic carbocycles. The average Bonchev–Trinajstić information content (AvgIpc) is 4.12. The number of hydrogen-bond acceptors (Lipinski definition) is 16. The number of halogens is 2. The number of ether oxygens (including phenoxy) is 5. The SMILES string of the molecule is CC(C)Oc1ccc(-c2noc(-c3ccc(OC4CCC(N)(C(=O)O)C4)cc3)n2)cc1Cl.CCOC(=O)C1(N)CCC(Oc2ccc(-c3nc(-c4ccc(OC(C)C)c(Cl)c4)no3)cc2)C1.[K+].[OH-]. The summed E-state index contributed by atoms with van der Waals surface area (Å²) in [6.07, 6.45) is 2.58. The molecular formula is C48H53Cl2KN6O11. The Hall–Kier alpha value is -4.60. The summed E-state index contributed by atoms with van der Waals surface area (Å²) < 4.78 is 39.2. The molecule has 356 valence electrons. The van der Waals surface area contributed by atoms with Crippen LogP contribution in [-0.4, -0.2) is 84.9 Å². The Labute approximate surface area is 446 Å². The molecule has 4 unspecified atom stereocenters. The summed E-state index contributed by atoms with van der Waals surface area (Å²) in [5.74, 6) is 2.73. The van der Waals surface area contributed by atoms with Crippen molar-refractivity contribution in [2.45, 2.75) is 109 Å². The Morgan fingerprint density at radius 1 is 0.691 bits per heavy atom. The van der Waals surface area contributed by atoms with Crippen molar-refractivity contribution in [1.29, 1.82) is 0 Å². The number of aliphatic carboxylic acids is 1. The monoisotopic (exact) mass is 998 g/mol. The molecule has 0 bridgehead atoms. The summed E-state index contributed by atoms with van der Waals surface area (Å²) in [5.41, 5.74) is 12.9. The Balaban J connectivity index is 0.000000247. The van der Waals surface area contributed by atoms with Crippen LogP contribution >= 0.6 is 23.2 Å². The number of carbonyl (C=O) groups excluding carboxylic acids is 1. The molecule has 0 aliphatic heterocycles. The van der Waals surface area contributed by atoms with Crippen molar-refractivity contribution in [3.8, 4) is 68.7 Å². The largest absolute Gasteiger partial charge is 1.00 e. The topological polar surface area (TPSA) is 260 Å². The molecule has 17 nitrogen and oxygen atoms in total. The Kier molecular flexibility index (Phi) is 19.0. The minimum Gasteiger partial charge on any atom is -0.870 e. The molecule has 0 amide bonds. The van der Waals surface area contributed by atoms with Crippen molar-refractivity contribution < 1.29 is 104 Å². The fourth-order valence-corrected chi connectivity index (χ4v) is 8.00. The molecule has 2 aliphatic carbocycles. The van der Waals surface area contributed by atoms with Gasteiger partial charge in [0.1, 0.15) is 46.3 Å². The molecule has 0 radical (unpaired) electrons. The predicted molar refractivity (Wildman–Crippen MR) is 248 cm³/mol. The number of benzene rings is 4. The zero-order valence-corrected chi connectivity index (χ0v) is 43.2. The second-order valence-corrected chi connectivity index (χ2v) is 17.6. The summed E-state index contributed by atoms with van der Waals surface area (Å²) in [7, 11) is 0. The summed E-state index contributed by atoms with van der Waals surface area (Å²) in [6.45, 7) is 9.82. The van der Waals surface area contributed by atoms with Crippen molar-refractivity contribution >= 4 is 35.1 Å². The minimum absolute atomic E-state index is 0. The van der Waals surface area contributed by atoms with Gasteiger partial charge in [0.15, 0.2) is 0 Å². The molecule has 2 fully saturated rings. The van der Waals surface area contributed by atoms with E-state index in [1.807, 2.05) is 64.1 Å².